The van der Waals surface area contributed by atoms with Crippen LogP contribution in [0.1, 0.15) is 6.92 Å². The fourth-order valence-corrected chi connectivity index (χ4v) is 3.90. The molecule has 0 saturated heterocycles. The molecule has 0 bridgehead atoms. The number of hydrogen-bond donors (Lipinski definition) is 0. The zero-order valence-electron chi connectivity index (χ0n) is 4.66. The second-order valence-corrected chi connectivity index (χ2v) is 6.96. The molecule has 0 aromatic carbocycles. The summed E-state index contributed by atoms with van der Waals surface area (Å²) in [5, 5.41) is 0.476. The van der Waals surface area contributed by atoms with Gasteiger partial charge in [0.1, 0.15) is 0 Å². The van der Waals surface area contributed by atoms with Crippen molar-refractivity contribution in [3.8, 4) is 0 Å². The predicted octanol–water partition coefficient (Wildman–Crippen LogP) is 2.30. The van der Waals surface area contributed by atoms with Crippen molar-refractivity contribution < 1.29 is 28.1 Å². The fraction of sp³-hybridized carbons (Fsp3) is 0.500. The summed E-state index contributed by atoms with van der Waals surface area (Å²) in [5.74, 6) is 0. The van der Waals surface area contributed by atoms with E-state index in [2.05, 4.69) is 0 Å². The van der Waals surface area contributed by atoms with Gasteiger partial charge in [0.15, 0.2) is 0 Å². The Morgan fingerprint density at radius 2 is 2.50 bits per heavy atom. The Labute approximate surface area is 69.9 Å². The predicted molar refractivity (Wildman–Crippen MR) is 31.4 cm³/mol. The average molecular weight is 342 g/mol. The van der Waals surface area contributed by atoms with E-state index in [9.17, 15) is 0 Å². The van der Waals surface area contributed by atoms with Gasteiger partial charge in [-0.25, -0.2) is 0 Å². The van der Waals surface area contributed by atoms with Crippen LogP contribution in [0.5, 0.6) is 0 Å². The van der Waals surface area contributed by atoms with Gasteiger partial charge < -0.3 is 0 Å². The molecule has 0 saturated carbocycles. The minimum atomic E-state index is -1.20. The molecule has 0 aromatic rings. The van der Waals surface area contributed by atoms with Crippen LogP contribution >= 0.6 is 19.9 Å². The first-order valence-electron chi connectivity index (χ1n) is 2.35. The van der Waals surface area contributed by atoms with Gasteiger partial charge in [0.2, 0.25) is 0 Å². The van der Waals surface area contributed by atoms with E-state index in [-0.39, 0.29) is 0 Å². The summed E-state index contributed by atoms with van der Waals surface area (Å²) in [7, 11) is 5.51. The zero-order valence-corrected chi connectivity index (χ0v) is 11.7. The summed E-state index contributed by atoms with van der Waals surface area (Å²) < 4.78 is 6.71. The van der Waals surface area contributed by atoms with E-state index in [0.29, 0.717) is 11.8 Å². The van der Waals surface area contributed by atoms with Gasteiger partial charge in [-0.1, -0.05) is 0 Å². The number of hydrogen-bond acceptors (Lipinski definition) is 1. The fourth-order valence-electron chi connectivity index (χ4n) is 0.257. The molecule has 0 unspecified atom stereocenters. The van der Waals surface area contributed by atoms with Crippen molar-refractivity contribution in [2.24, 2.45) is 0 Å². The maximum absolute atomic E-state index is 5.51. The molecule has 4 heteroatoms. The van der Waals surface area contributed by atoms with Gasteiger partial charge in [0.05, 0.1) is 0 Å². The van der Waals surface area contributed by atoms with Crippen LogP contribution in [0.4, 0.5) is 0 Å². The zero-order chi connectivity index (χ0) is 6.41. The van der Waals surface area contributed by atoms with Crippen molar-refractivity contribution in [3.05, 3.63) is 8.80 Å². The van der Waals surface area contributed by atoms with E-state index in [1.165, 1.54) is 0 Å². The Morgan fingerprint density at radius 1 is 1.88 bits per heavy atom. The van der Waals surface area contributed by atoms with Crippen LogP contribution in [-0.2, 0) is 28.1 Å². The van der Waals surface area contributed by atoms with Gasteiger partial charge >= 0.3 is 70.3 Å². The van der Waals surface area contributed by atoms with Gasteiger partial charge in [-0.15, -0.1) is 0 Å². The molecule has 0 fully saturated rings. The molecule has 8 heavy (non-hydrogen) atoms. The van der Waals surface area contributed by atoms with Gasteiger partial charge in [-0.3, -0.25) is 0 Å². The summed E-state index contributed by atoms with van der Waals surface area (Å²) in [4.78, 5) is 0. The van der Waals surface area contributed by atoms with Crippen molar-refractivity contribution in [2.45, 2.75) is 6.92 Å². The molecule has 0 aliphatic carbocycles. The van der Waals surface area contributed by atoms with Crippen LogP contribution in [-0.4, -0.2) is 6.61 Å². The Hall–Kier alpha value is 1.06. The summed E-state index contributed by atoms with van der Waals surface area (Å²) in [6.45, 7) is 2.52. The van der Waals surface area contributed by atoms with Crippen LogP contribution in [0.15, 0.2) is 8.80 Å². The molecule has 0 aromatic heterocycles. The number of rotatable bonds is 3. The minimum absolute atomic E-state index is 0.476. The van der Waals surface area contributed by atoms with E-state index in [0.717, 1.165) is 0 Å². The molecule has 0 aliphatic heterocycles. The molecule has 0 heterocycles. The van der Waals surface area contributed by atoms with Crippen molar-refractivity contribution in [3.63, 3.8) is 0 Å². The Morgan fingerprint density at radius 3 is 2.88 bits per heavy atom. The van der Waals surface area contributed by atoms with Gasteiger partial charge in [0, 0.05) is 0 Å². The van der Waals surface area contributed by atoms with Crippen molar-refractivity contribution in [2.75, 3.05) is 6.61 Å². The first-order valence-corrected chi connectivity index (χ1v) is 12.7. The molecule has 0 spiro atoms. The molecule has 0 amide bonds. The maximum atomic E-state index is 5.51. The summed E-state index contributed by atoms with van der Waals surface area (Å²) >= 11 is 4.29. The second kappa shape index (κ2) is 6.18. The first-order chi connectivity index (χ1) is 3.81. The van der Waals surface area contributed by atoms with Crippen LogP contribution in [0, 0.1) is 0 Å². The summed E-state index contributed by atoms with van der Waals surface area (Å²) in [5.41, 5.74) is 0. The van der Waals surface area contributed by atoms with E-state index >= 15 is 0 Å². The van der Waals surface area contributed by atoms with Crippen molar-refractivity contribution in [1.82, 2.24) is 0 Å². The topological polar surface area (TPSA) is 9.23 Å². The molecular weight excluding hydrogens is 336 g/mol. The third kappa shape index (κ3) is 5.20. The van der Waals surface area contributed by atoms with Crippen LogP contribution in [0.25, 0.3) is 0 Å². The molecular formula is C4H6Cl2HgO. The second-order valence-electron chi connectivity index (χ2n) is 1.10. The average Bonchev–Trinajstić information content (AvgIpc) is 1.68. The normalized spacial score (nSPS) is 10.6. The monoisotopic (exact) mass is 342 g/mol. The van der Waals surface area contributed by atoms with Crippen LogP contribution in [0.3, 0.4) is 0 Å². The molecule has 44 valence electrons. The third-order valence-corrected chi connectivity index (χ3v) is 5.18. The van der Waals surface area contributed by atoms with E-state index < -0.39 is 23.3 Å². The summed E-state index contributed by atoms with van der Waals surface area (Å²) in [6.07, 6.45) is 0. The molecule has 0 rings (SSSR count). The third-order valence-electron chi connectivity index (χ3n) is 0.520. The Balaban J connectivity index is 3.29. The van der Waals surface area contributed by atoms with E-state index in [1.54, 1.807) is 0 Å². The van der Waals surface area contributed by atoms with Gasteiger partial charge in [-0.2, -0.15) is 0 Å². The molecule has 0 radical (unpaired) electrons. The van der Waals surface area contributed by atoms with Gasteiger partial charge in [-0.05, 0) is 0 Å². The van der Waals surface area contributed by atoms with Crippen LogP contribution in [0.2, 0.25) is 0 Å². The quantitative estimate of drug-likeness (QED) is 0.565. The van der Waals surface area contributed by atoms with E-state index in [1.807, 2.05) is 10.5 Å². The summed E-state index contributed by atoms with van der Waals surface area (Å²) in [6, 6.07) is 0. The SMILES string of the molecule is CCO/C(Cl)=[CH]\[Hg][Cl]. The molecule has 0 N–H and O–H groups in total. The van der Waals surface area contributed by atoms with Gasteiger partial charge in [0.25, 0.3) is 0 Å². The first kappa shape index (κ1) is 9.06. The van der Waals surface area contributed by atoms with E-state index in [4.69, 9.17) is 24.6 Å². The van der Waals surface area contributed by atoms with Crippen molar-refractivity contribution >= 4 is 19.9 Å². The van der Waals surface area contributed by atoms with Crippen molar-refractivity contribution in [1.29, 1.82) is 0 Å². The molecule has 0 atom stereocenters. The standard InChI is InChI=1S/C4H6ClO.ClH.Hg/c1-3-6-4(2)5;;/h2H,3H2,1H3;1H;/q;;+1/p-1. The Bertz CT molecular complexity index is 84.1. The molecule has 0 aliphatic rings. The molecule has 1 nitrogen and oxygen atoms in total. The van der Waals surface area contributed by atoms with Crippen LogP contribution < -0.4 is 0 Å². The Kier molecular flexibility index (Phi) is 6.99. The number of ether oxygens (including phenoxy) is 1. The number of halogens is 2.